The third-order valence-corrected chi connectivity index (χ3v) is 3.84. The molecule has 0 spiro atoms. The first-order valence-electron chi connectivity index (χ1n) is 8.94. The van der Waals surface area contributed by atoms with E-state index in [4.69, 9.17) is 9.84 Å². The number of phenolic OH excluding ortho intramolecular Hbond substituents is 1. The molecule has 0 amide bonds. The van der Waals surface area contributed by atoms with Gasteiger partial charge in [-0.1, -0.05) is 25.0 Å². The number of phenols is 1. The van der Waals surface area contributed by atoms with Crippen LogP contribution < -0.4 is 4.74 Å². The molecule has 2 N–H and O–H groups in total. The molecule has 0 saturated heterocycles. The van der Waals surface area contributed by atoms with Crippen molar-refractivity contribution in [3.63, 3.8) is 0 Å². The maximum absolute atomic E-state index is 10.4. The number of aromatic hydroxyl groups is 1. The number of aliphatic carboxylic acids is 1. The Bertz CT molecular complexity index is 770. The Morgan fingerprint density at radius 2 is 1.63 bits per heavy atom. The van der Waals surface area contributed by atoms with Crippen LogP contribution in [0.3, 0.4) is 0 Å². The molecule has 0 atom stereocenters. The summed E-state index contributed by atoms with van der Waals surface area (Å²) >= 11 is 0. The van der Waals surface area contributed by atoms with E-state index in [9.17, 15) is 9.90 Å². The lowest BCUT2D eigenvalue weighted by atomic mass is 10.1. The first-order chi connectivity index (χ1) is 13.1. The number of hydrogen-bond donors (Lipinski definition) is 2. The number of carbonyl (C=O) groups is 1. The minimum Gasteiger partial charge on any atom is -0.507 e. The lowest BCUT2D eigenvalue weighted by Gasteiger charge is -2.06. The summed E-state index contributed by atoms with van der Waals surface area (Å²) in [5.74, 6) is 0.217. The summed E-state index contributed by atoms with van der Waals surface area (Å²) < 4.78 is 5.67. The van der Waals surface area contributed by atoms with Gasteiger partial charge in [-0.2, -0.15) is 10.2 Å². The number of ether oxygens (including phenoxy) is 1. The molecule has 0 radical (unpaired) electrons. The van der Waals surface area contributed by atoms with Gasteiger partial charge < -0.3 is 14.9 Å². The first kappa shape index (κ1) is 20.2. The van der Waals surface area contributed by atoms with E-state index in [1.807, 2.05) is 30.3 Å². The largest absolute Gasteiger partial charge is 0.507 e. The number of benzene rings is 2. The number of rotatable bonds is 11. The molecule has 2 rings (SSSR count). The Kier molecular flexibility index (Phi) is 8.56. The Hall–Kier alpha value is -3.15. The van der Waals surface area contributed by atoms with E-state index < -0.39 is 5.97 Å². The van der Waals surface area contributed by atoms with Crippen molar-refractivity contribution < 1.29 is 19.7 Å². The zero-order valence-corrected chi connectivity index (χ0v) is 15.1. The molecule has 2 aromatic rings. The van der Waals surface area contributed by atoms with Crippen LogP contribution in [0, 0.1) is 0 Å². The van der Waals surface area contributed by atoms with E-state index in [1.165, 1.54) is 6.21 Å². The van der Waals surface area contributed by atoms with Crippen LogP contribution in [-0.2, 0) is 4.79 Å². The van der Waals surface area contributed by atoms with E-state index >= 15 is 0 Å². The van der Waals surface area contributed by atoms with E-state index in [2.05, 4.69) is 10.2 Å². The zero-order chi connectivity index (χ0) is 19.3. The third-order valence-electron chi connectivity index (χ3n) is 3.84. The molecule has 0 bridgehead atoms. The molecular weight excluding hydrogens is 344 g/mol. The van der Waals surface area contributed by atoms with E-state index in [-0.39, 0.29) is 12.2 Å². The standard InChI is InChI=1S/C21H24N2O4/c24-20-8-5-4-7-18(20)16-23-22-15-17-10-12-19(13-11-17)27-14-6-2-1-3-9-21(25)26/h4-5,7-8,10-13,15-16,24H,1-3,6,9,14H2,(H,25,26)/b22-15+,23-16+. The molecule has 2 aromatic carbocycles. The van der Waals surface area contributed by atoms with Crippen molar-refractivity contribution in [2.45, 2.75) is 32.1 Å². The Morgan fingerprint density at radius 1 is 0.926 bits per heavy atom. The second kappa shape index (κ2) is 11.5. The summed E-state index contributed by atoms with van der Waals surface area (Å²) in [6.45, 7) is 0.616. The molecule has 0 saturated carbocycles. The monoisotopic (exact) mass is 368 g/mol. The fourth-order valence-corrected chi connectivity index (χ4v) is 2.36. The van der Waals surface area contributed by atoms with Gasteiger partial charge in [0.2, 0.25) is 0 Å². The number of hydrogen-bond acceptors (Lipinski definition) is 5. The van der Waals surface area contributed by atoms with Crippen LogP contribution in [-0.4, -0.2) is 35.2 Å². The van der Waals surface area contributed by atoms with Crippen LogP contribution in [0.25, 0.3) is 0 Å². The molecule has 0 heterocycles. The molecule has 6 nitrogen and oxygen atoms in total. The van der Waals surface area contributed by atoms with Crippen LogP contribution in [0.2, 0.25) is 0 Å². The third kappa shape index (κ3) is 8.18. The van der Waals surface area contributed by atoms with Crippen molar-refractivity contribution in [2.75, 3.05) is 6.61 Å². The smallest absolute Gasteiger partial charge is 0.303 e. The maximum Gasteiger partial charge on any atom is 0.303 e. The highest BCUT2D eigenvalue weighted by molar-refractivity contribution is 5.84. The van der Waals surface area contributed by atoms with Crippen molar-refractivity contribution in [1.82, 2.24) is 0 Å². The fourth-order valence-electron chi connectivity index (χ4n) is 2.36. The number of carboxylic acids is 1. The summed E-state index contributed by atoms with van der Waals surface area (Å²) in [6, 6.07) is 14.4. The normalized spacial score (nSPS) is 11.3. The molecule has 27 heavy (non-hydrogen) atoms. The highest BCUT2D eigenvalue weighted by Gasteiger charge is 1.98. The maximum atomic E-state index is 10.4. The average molecular weight is 368 g/mol. The second-order valence-corrected chi connectivity index (χ2v) is 6.02. The minimum absolute atomic E-state index is 0.167. The van der Waals surface area contributed by atoms with Crippen molar-refractivity contribution in [2.24, 2.45) is 10.2 Å². The summed E-state index contributed by atoms with van der Waals surface area (Å²) in [6.07, 6.45) is 6.86. The highest BCUT2D eigenvalue weighted by Crippen LogP contribution is 2.14. The van der Waals surface area contributed by atoms with Crippen LogP contribution in [0.5, 0.6) is 11.5 Å². The topological polar surface area (TPSA) is 91.5 Å². The molecule has 0 aliphatic carbocycles. The quantitative estimate of drug-likeness (QED) is 0.352. The van der Waals surface area contributed by atoms with Crippen LogP contribution in [0.4, 0.5) is 0 Å². The molecule has 6 heteroatoms. The van der Waals surface area contributed by atoms with Crippen molar-refractivity contribution in [3.8, 4) is 11.5 Å². The minimum atomic E-state index is -0.737. The van der Waals surface area contributed by atoms with Gasteiger partial charge >= 0.3 is 5.97 Å². The molecule has 0 aliphatic heterocycles. The molecule has 0 fully saturated rings. The zero-order valence-electron chi connectivity index (χ0n) is 15.1. The SMILES string of the molecule is O=C(O)CCCCCCOc1ccc(/C=N/N=C/c2ccccc2O)cc1. The van der Waals surface area contributed by atoms with Crippen LogP contribution >= 0.6 is 0 Å². The number of nitrogens with zero attached hydrogens (tertiary/aromatic N) is 2. The number of unbranched alkanes of at least 4 members (excludes halogenated alkanes) is 3. The predicted molar refractivity (Wildman–Crippen MR) is 106 cm³/mol. The average Bonchev–Trinajstić information content (AvgIpc) is 2.66. The van der Waals surface area contributed by atoms with Crippen LogP contribution in [0.1, 0.15) is 43.2 Å². The molecular formula is C21H24N2O4. The predicted octanol–water partition coefficient (Wildman–Crippen LogP) is 4.26. The van der Waals surface area contributed by atoms with Gasteiger partial charge in [0.05, 0.1) is 19.0 Å². The van der Waals surface area contributed by atoms with E-state index in [0.717, 1.165) is 37.0 Å². The Labute approximate surface area is 158 Å². The lowest BCUT2D eigenvalue weighted by Crippen LogP contribution is -1.98. The molecule has 0 unspecified atom stereocenters. The summed E-state index contributed by atoms with van der Waals surface area (Å²) in [5.41, 5.74) is 1.51. The number of para-hydroxylation sites is 1. The van der Waals surface area contributed by atoms with Gasteiger partial charge in [0.1, 0.15) is 11.5 Å². The van der Waals surface area contributed by atoms with Gasteiger partial charge in [-0.15, -0.1) is 0 Å². The van der Waals surface area contributed by atoms with Crippen molar-refractivity contribution in [1.29, 1.82) is 0 Å². The van der Waals surface area contributed by atoms with E-state index in [1.54, 1.807) is 24.4 Å². The number of carboxylic acid groups (broad SMARTS) is 1. The Balaban J connectivity index is 1.69. The first-order valence-corrected chi connectivity index (χ1v) is 8.94. The fraction of sp³-hybridized carbons (Fsp3) is 0.286. The summed E-state index contributed by atoms with van der Waals surface area (Å²) in [4.78, 5) is 10.4. The second-order valence-electron chi connectivity index (χ2n) is 6.02. The molecule has 0 aliphatic rings. The summed E-state index contributed by atoms with van der Waals surface area (Å²) in [5, 5.41) is 26.1. The van der Waals surface area contributed by atoms with Gasteiger partial charge in [-0.05, 0) is 54.8 Å². The van der Waals surface area contributed by atoms with E-state index in [0.29, 0.717) is 12.2 Å². The summed E-state index contributed by atoms with van der Waals surface area (Å²) in [7, 11) is 0. The van der Waals surface area contributed by atoms with Gasteiger partial charge in [-0.25, -0.2) is 0 Å². The van der Waals surface area contributed by atoms with Gasteiger partial charge in [-0.3, -0.25) is 4.79 Å². The highest BCUT2D eigenvalue weighted by atomic mass is 16.5. The van der Waals surface area contributed by atoms with Crippen molar-refractivity contribution in [3.05, 3.63) is 59.7 Å². The molecule has 142 valence electrons. The van der Waals surface area contributed by atoms with Crippen LogP contribution in [0.15, 0.2) is 58.7 Å². The van der Waals surface area contributed by atoms with Crippen molar-refractivity contribution >= 4 is 18.4 Å². The van der Waals surface area contributed by atoms with Gasteiger partial charge in [0, 0.05) is 12.0 Å². The molecule has 0 aromatic heterocycles. The lowest BCUT2D eigenvalue weighted by molar-refractivity contribution is -0.137. The van der Waals surface area contributed by atoms with Gasteiger partial charge in [0.15, 0.2) is 0 Å². The Morgan fingerprint density at radius 3 is 2.37 bits per heavy atom. The van der Waals surface area contributed by atoms with Gasteiger partial charge in [0.25, 0.3) is 0 Å².